The van der Waals surface area contributed by atoms with E-state index < -0.39 is 0 Å². The van der Waals surface area contributed by atoms with Crippen molar-refractivity contribution >= 4 is 5.78 Å². The van der Waals surface area contributed by atoms with Crippen molar-refractivity contribution in [2.45, 2.75) is 25.9 Å². The number of Topliss-reactive ketones (excluding diaryl/α,β-unsaturated/α-hetero) is 1. The fraction of sp³-hybridized carbons (Fsp3) is 0.400. The summed E-state index contributed by atoms with van der Waals surface area (Å²) in [5.74, 6) is 0.0314. The number of hydrogen-bond donors (Lipinski definition) is 2. The normalized spacial score (nSPS) is 15.4. The summed E-state index contributed by atoms with van der Waals surface area (Å²) in [5.41, 5.74) is 1.30. The van der Waals surface area contributed by atoms with Gasteiger partial charge in [-0.05, 0) is 12.8 Å². The predicted molar refractivity (Wildman–Crippen MR) is 49.1 cm³/mol. The van der Waals surface area contributed by atoms with Crippen LogP contribution in [0.15, 0.2) is 6.07 Å². The van der Waals surface area contributed by atoms with Crippen molar-refractivity contribution in [2.75, 3.05) is 0 Å². The van der Waals surface area contributed by atoms with Crippen molar-refractivity contribution in [1.29, 1.82) is 0 Å². The van der Waals surface area contributed by atoms with E-state index in [1.54, 1.807) is 0 Å². The summed E-state index contributed by atoms with van der Waals surface area (Å²) in [6.07, 6.45) is 1.93. The summed E-state index contributed by atoms with van der Waals surface area (Å²) < 4.78 is 0. The fourth-order valence-corrected chi connectivity index (χ4v) is 1.71. The molecule has 0 unspecified atom stereocenters. The van der Waals surface area contributed by atoms with Crippen LogP contribution < -0.4 is 0 Å². The second-order valence-corrected chi connectivity index (χ2v) is 3.39. The third kappa shape index (κ3) is 1.37. The maximum Gasteiger partial charge on any atom is 0.181 e. The molecular formula is C10H11NO3. The molecule has 0 aromatic carbocycles. The summed E-state index contributed by atoms with van der Waals surface area (Å²) in [6, 6.07) is 1.41. The van der Waals surface area contributed by atoms with Gasteiger partial charge in [0.05, 0.1) is 12.3 Å². The highest BCUT2D eigenvalue weighted by atomic mass is 16.3. The first-order valence-electron chi connectivity index (χ1n) is 4.58. The average Bonchev–Trinajstić information content (AvgIpc) is 2.19. The Morgan fingerprint density at radius 1 is 1.43 bits per heavy atom. The van der Waals surface area contributed by atoms with Gasteiger partial charge in [-0.2, -0.15) is 0 Å². The van der Waals surface area contributed by atoms with Crippen LogP contribution >= 0.6 is 0 Å². The van der Waals surface area contributed by atoms with Crippen molar-refractivity contribution in [3.05, 3.63) is 23.0 Å². The lowest BCUT2D eigenvalue weighted by molar-refractivity contribution is 0.0965. The van der Waals surface area contributed by atoms with Crippen LogP contribution in [-0.4, -0.2) is 21.0 Å². The number of ketones is 1. The number of rotatable bonds is 1. The van der Waals surface area contributed by atoms with Crippen molar-refractivity contribution in [2.24, 2.45) is 0 Å². The minimum absolute atomic E-state index is 0.0446. The molecule has 0 atom stereocenters. The molecule has 0 aliphatic heterocycles. The highest BCUT2D eigenvalue weighted by Crippen LogP contribution is 2.28. The first-order valence-corrected chi connectivity index (χ1v) is 4.58. The Balaban J connectivity index is 2.57. The number of hydrogen-bond acceptors (Lipinski definition) is 4. The molecule has 1 aromatic heterocycles. The molecule has 0 radical (unpaired) electrons. The molecule has 1 heterocycles. The summed E-state index contributed by atoms with van der Waals surface area (Å²) in [6.45, 7) is -0.256. The Labute approximate surface area is 81.2 Å². The van der Waals surface area contributed by atoms with Gasteiger partial charge < -0.3 is 10.2 Å². The number of carbonyl (C=O) groups is 1. The predicted octanol–water partition coefficient (Wildman–Crippen LogP) is 0.798. The van der Waals surface area contributed by atoms with Crippen molar-refractivity contribution < 1.29 is 15.0 Å². The monoisotopic (exact) mass is 193 g/mol. The van der Waals surface area contributed by atoms with Gasteiger partial charge in [0, 0.05) is 18.1 Å². The lowest BCUT2D eigenvalue weighted by atomic mass is 9.94. The zero-order valence-electron chi connectivity index (χ0n) is 7.66. The smallest absolute Gasteiger partial charge is 0.181 e. The molecule has 0 saturated heterocycles. The maximum atomic E-state index is 11.5. The second kappa shape index (κ2) is 3.38. The average molecular weight is 193 g/mol. The molecule has 1 aliphatic rings. The van der Waals surface area contributed by atoms with Gasteiger partial charge in [0.25, 0.3) is 0 Å². The first kappa shape index (κ1) is 9.15. The summed E-state index contributed by atoms with van der Waals surface area (Å²) in [5, 5.41) is 18.4. The van der Waals surface area contributed by atoms with Crippen LogP contribution in [-0.2, 0) is 13.0 Å². The van der Waals surface area contributed by atoms with Crippen molar-refractivity contribution in [1.82, 2.24) is 4.98 Å². The van der Waals surface area contributed by atoms with Crippen LogP contribution in [0.2, 0.25) is 0 Å². The van der Waals surface area contributed by atoms with Crippen LogP contribution in [0, 0.1) is 0 Å². The first-order chi connectivity index (χ1) is 6.72. The Morgan fingerprint density at radius 2 is 2.21 bits per heavy atom. The number of nitrogens with zero attached hydrogens (tertiary/aromatic N) is 1. The van der Waals surface area contributed by atoms with Gasteiger partial charge in [0.2, 0.25) is 0 Å². The molecular weight excluding hydrogens is 182 g/mol. The largest absolute Gasteiger partial charge is 0.508 e. The standard InChI is InChI=1S/C10H11NO3/c12-5-6-4-9(14)7-2-1-3-8(13)10(7)11-6/h4,12H,1-3,5H2,(H,11,14). The number of aromatic nitrogens is 1. The molecule has 2 rings (SSSR count). The Kier molecular flexibility index (Phi) is 2.21. The number of pyridine rings is 1. The second-order valence-electron chi connectivity index (χ2n) is 3.39. The topological polar surface area (TPSA) is 70.4 Å². The molecule has 1 aliphatic carbocycles. The number of aliphatic hydroxyl groups excluding tert-OH is 1. The van der Waals surface area contributed by atoms with E-state index in [9.17, 15) is 9.90 Å². The zero-order valence-corrected chi connectivity index (χ0v) is 7.66. The zero-order chi connectivity index (χ0) is 10.1. The highest BCUT2D eigenvalue weighted by molar-refractivity contribution is 5.97. The summed E-state index contributed by atoms with van der Waals surface area (Å²) >= 11 is 0. The Morgan fingerprint density at radius 3 is 2.93 bits per heavy atom. The quantitative estimate of drug-likeness (QED) is 0.692. The van der Waals surface area contributed by atoms with Crippen molar-refractivity contribution in [3.8, 4) is 5.75 Å². The van der Waals surface area contributed by atoms with E-state index >= 15 is 0 Å². The van der Waals surface area contributed by atoms with Crippen LogP contribution in [0.1, 0.15) is 34.6 Å². The molecule has 14 heavy (non-hydrogen) atoms. The molecule has 0 bridgehead atoms. The third-order valence-corrected chi connectivity index (χ3v) is 2.41. The molecule has 74 valence electrons. The highest BCUT2D eigenvalue weighted by Gasteiger charge is 2.22. The SMILES string of the molecule is O=C1CCCc2c(O)cc(CO)nc21. The molecule has 4 heteroatoms. The van der Waals surface area contributed by atoms with Gasteiger partial charge in [-0.25, -0.2) is 4.98 Å². The number of fused-ring (bicyclic) bond motifs is 1. The molecule has 0 fully saturated rings. The van der Waals surface area contributed by atoms with E-state index in [4.69, 9.17) is 5.11 Å². The minimum Gasteiger partial charge on any atom is -0.508 e. The van der Waals surface area contributed by atoms with Gasteiger partial charge in [-0.1, -0.05) is 0 Å². The van der Waals surface area contributed by atoms with Crippen LogP contribution in [0.4, 0.5) is 0 Å². The summed E-state index contributed by atoms with van der Waals surface area (Å²) in [4.78, 5) is 15.5. The van der Waals surface area contributed by atoms with Crippen molar-refractivity contribution in [3.63, 3.8) is 0 Å². The van der Waals surface area contributed by atoms with Gasteiger partial charge >= 0.3 is 0 Å². The molecule has 2 N–H and O–H groups in total. The number of aliphatic hydroxyl groups is 1. The van der Waals surface area contributed by atoms with E-state index in [0.717, 1.165) is 6.42 Å². The molecule has 0 spiro atoms. The summed E-state index contributed by atoms with van der Waals surface area (Å²) in [7, 11) is 0. The fourth-order valence-electron chi connectivity index (χ4n) is 1.71. The number of aromatic hydroxyl groups is 1. The lowest BCUT2D eigenvalue weighted by Crippen LogP contribution is -2.14. The van der Waals surface area contributed by atoms with Crippen LogP contribution in [0.25, 0.3) is 0 Å². The van der Waals surface area contributed by atoms with Gasteiger partial charge in [0.1, 0.15) is 11.4 Å². The van der Waals surface area contributed by atoms with E-state index in [1.807, 2.05) is 0 Å². The van der Waals surface area contributed by atoms with Gasteiger partial charge in [-0.15, -0.1) is 0 Å². The van der Waals surface area contributed by atoms with Crippen LogP contribution in [0.3, 0.4) is 0 Å². The molecule has 0 amide bonds. The van der Waals surface area contributed by atoms with Gasteiger partial charge in [0.15, 0.2) is 5.78 Å². The van der Waals surface area contributed by atoms with E-state index in [-0.39, 0.29) is 18.1 Å². The number of carbonyl (C=O) groups excluding carboxylic acids is 1. The minimum atomic E-state index is -0.256. The van der Waals surface area contributed by atoms with E-state index in [1.165, 1.54) is 6.07 Å². The maximum absolute atomic E-state index is 11.5. The third-order valence-electron chi connectivity index (χ3n) is 2.41. The van der Waals surface area contributed by atoms with Crippen LogP contribution in [0.5, 0.6) is 5.75 Å². The van der Waals surface area contributed by atoms with E-state index in [2.05, 4.69) is 4.98 Å². The Hall–Kier alpha value is -1.42. The van der Waals surface area contributed by atoms with E-state index in [0.29, 0.717) is 29.8 Å². The molecule has 1 aromatic rings. The molecule has 4 nitrogen and oxygen atoms in total. The Bertz CT molecular complexity index is 387. The molecule has 0 saturated carbocycles. The van der Waals surface area contributed by atoms with Gasteiger partial charge in [-0.3, -0.25) is 4.79 Å². The lowest BCUT2D eigenvalue weighted by Gasteiger charge is -2.15.